The van der Waals surface area contributed by atoms with Gasteiger partial charge in [0.05, 0.1) is 33.1 Å². The molecule has 1 aliphatic heterocycles. The van der Waals surface area contributed by atoms with Crippen LogP contribution in [-0.2, 0) is 5.04 Å². The van der Waals surface area contributed by atoms with Gasteiger partial charge >= 0.3 is 0 Å². The Hall–Kier alpha value is -3.69. The third kappa shape index (κ3) is 2.96. The first kappa shape index (κ1) is 25.3. The Morgan fingerprint density at radius 2 is 1.25 bits per heavy atom. The summed E-state index contributed by atoms with van der Waals surface area (Å²) in [6.07, 6.45) is 0. The highest BCUT2D eigenvalue weighted by atomic mass is 28.3. The van der Waals surface area contributed by atoms with E-state index in [1.54, 1.807) is 5.19 Å². The highest BCUT2D eigenvalue weighted by Crippen LogP contribution is 2.53. The van der Waals surface area contributed by atoms with Gasteiger partial charge in [-0.05, 0) is 49.1 Å². The number of pyridine rings is 1. The average Bonchev–Trinajstić information content (AvgIpc) is 3.27. The third-order valence-corrected chi connectivity index (χ3v) is 14.2. The zero-order valence-electron chi connectivity index (χ0n) is 24.8. The number of nitrogens with zero attached hydrogens (tertiary/aromatic N) is 2. The van der Waals surface area contributed by atoms with Gasteiger partial charge in [0.15, 0.2) is 0 Å². The molecule has 3 heterocycles. The van der Waals surface area contributed by atoms with Crippen molar-refractivity contribution in [2.75, 3.05) is 0 Å². The van der Waals surface area contributed by atoms with Crippen LogP contribution in [0.3, 0.4) is 0 Å². The summed E-state index contributed by atoms with van der Waals surface area (Å²) in [5.74, 6) is 0.418. The molecule has 0 aliphatic carbocycles. The van der Waals surface area contributed by atoms with E-state index in [1.807, 2.05) is 0 Å². The summed E-state index contributed by atoms with van der Waals surface area (Å²) in [6, 6.07) is 37.2. The highest BCUT2D eigenvalue weighted by molar-refractivity contribution is 6.95. The van der Waals surface area contributed by atoms with Crippen LogP contribution in [0.25, 0.3) is 27.2 Å². The molecular formula is C37H39N2Si+. The second kappa shape index (κ2) is 8.65. The van der Waals surface area contributed by atoms with Crippen LogP contribution in [0.2, 0.25) is 13.1 Å². The molecule has 3 heteroatoms. The lowest BCUT2D eigenvalue weighted by molar-refractivity contribution is -0.586. The smallest absolute Gasteiger partial charge is 0.149 e. The minimum absolute atomic E-state index is 0.243. The largest absolute Gasteiger partial charge is 0.250 e. The van der Waals surface area contributed by atoms with E-state index in [4.69, 9.17) is 0 Å². The zero-order valence-corrected chi connectivity index (χ0v) is 25.8. The average molecular weight is 540 g/mol. The van der Waals surface area contributed by atoms with Crippen LogP contribution < -0.4 is 9.70 Å². The lowest BCUT2D eigenvalue weighted by atomic mass is 9.81. The van der Waals surface area contributed by atoms with E-state index in [1.165, 1.54) is 55.1 Å². The summed E-state index contributed by atoms with van der Waals surface area (Å²) in [7, 11) is -2.28. The normalized spacial score (nSPS) is 15.7. The molecule has 0 saturated carbocycles. The Morgan fingerprint density at radius 3 is 1.82 bits per heavy atom. The maximum Gasteiger partial charge on any atom is 0.250 e. The predicted molar refractivity (Wildman–Crippen MR) is 172 cm³/mol. The molecule has 200 valence electrons. The fourth-order valence-corrected chi connectivity index (χ4v) is 12.8. The zero-order chi connectivity index (χ0) is 28.0. The van der Waals surface area contributed by atoms with Crippen molar-refractivity contribution in [3.63, 3.8) is 0 Å². The van der Waals surface area contributed by atoms with Crippen molar-refractivity contribution < 1.29 is 4.52 Å². The number of aromatic nitrogens is 2. The number of rotatable bonds is 4. The fraction of sp³-hybridized carbons (Fsp3) is 0.270. The Balaban J connectivity index is 1.88. The molecule has 2 aromatic heterocycles. The monoisotopic (exact) mass is 539 g/mol. The predicted octanol–water partition coefficient (Wildman–Crippen LogP) is 8.35. The summed E-state index contributed by atoms with van der Waals surface area (Å²) >= 11 is 0. The van der Waals surface area contributed by atoms with Crippen molar-refractivity contribution in [3.8, 4) is 0 Å². The number of hydrogen-bond donors (Lipinski definition) is 0. The molecule has 0 fully saturated rings. The second-order valence-corrected chi connectivity index (χ2v) is 17.3. The third-order valence-electron chi connectivity index (χ3n) is 9.75. The molecule has 40 heavy (non-hydrogen) atoms. The van der Waals surface area contributed by atoms with E-state index in [0.29, 0.717) is 12.0 Å². The van der Waals surface area contributed by atoms with Gasteiger partial charge in [0.1, 0.15) is 8.07 Å². The fourth-order valence-electron chi connectivity index (χ4n) is 8.27. The second-order valence-electron chi connectivity index (χ2n) is 12.8. The van der Waals surface area contributed by atoms with Crippen LogP contribution in [0.1, 0.15) is 67.6 Å². The van der Waals surface area contributed by atoms with Crippen molar-refractivity contribution in [2.24, 2.45) is 0 Å². The summed E-state index contributed by atoms with van der Waals surface area (Å²) in [5, 5.41) is 5.54. The summed E-state index contributed by atoms with van der Waals surface area (Å²) < 4.78 is 5.24. The van der Waals surface area contributed by atoms with Crippen molar-refractivity contribution in [3.05, 3.63) is 125 Å². The SMILES string of the molecule is Cc1c2c3c4c(cccc4c4cccc(C(C)C)c4[n+]3n1C(C)C)[Si](C)(C)C2(c1ccccc1)c1ccccc1. The van der Waals surface area contributed by atoms with Crippen molar-refractivity contribution in [2.45, 2.75) is 64.7 Å². The molecule has 0 N–H and O–H groups in total. The lowest BCUT2D eigenvalue weighted by Crippen LogP contribution is -2.63. The quantitative estimate of drug-likeness (QED) is 0.121. The molecule has 0 radical (unpaired) electrons. The maximum absolute atomic E-state index is 2.64. The van der Waals surface area contributed by atoms with E-state index < -0.39 is 8.07 Å². The van der Waals surface area contributed by atoms with E-state index in [2.05, 4.69) is 154 Å². The van der Waals surface area contributed by atoms with Gasteiger partial charge in [-0.3, -0.25) is 0 Å². The van der Waals surface area contributed by atoms with Gasteiger partial charge in [0.2, 0.25) is 11.0 Å². The molecule has 2 nitrogen and oxygen atoms in total. The molecule has 0 unspecified atom stereocenters. The van der Waals surface area contributed by atoms with Crippen molar-refractivity contribution >= 4 is 40.5 Å². The highest BCUT2D eigenvalue weighted by Gasteiger charge is 2.59. The van der Waals surface area contributed by atoms with Gasteiger partial charge in [0.25, 0.3) is 0 Å². The van der Waals surface area contributed by atoms with Crippen LogP contribution in [0, 0.1) is 6.92 Å². The minimum atomic E-state index is -2.28. The first-order valence-corrected chi connectivity index (χ1v) is 17.8. The molecule has 7 rings (SSSR count). The van der Waals surface area contributed by atoms with Crippen molar-refractivity contribution in [1.29, 1.82) is 0 Å². The van der Waals surface area contributed by atoms with Crippen molar-refractivity contribution in [1.82, 2.24) is 4.68 Å². The van der Waals surface area contributed by atoms with Gasteiger partial charge in [-0.15, -0.1) is 4.68 Å². The molecule has 6 aromatic rings. The van der Waals surface area contributed by atoms with Crippen LogP contribution in [-0.4, -0.2) is 12.8 Å². The van der Waals surface area contributed by atoms with Gasteiger partial charge in [-0.2, -0.15) is 0 Å². The minimum Gasteiger partial charge on any atom is -0.149 e. The van der Waals surface area contributed by atoms with E-state index >= 15 is 0 Å². The van der Waals surface area contributed by atoms with Crippen LogP contribution in [0.5, 0.6) is 0 Å². The summed E-state index contributed by atoms with van der Waals surface area (Å²) in [4.78, 5) is 0. The van der Waals surface area contributed by atoms with Crippen LogP contribution in [0.4, 0.5) is 0 Å². The van der Waals surface area contributed by atoms with E-state index in [9.17, 15) is 0 Å². The number of benzene rings is 4. The molecule has 0 saturated heterocycles. The molecule has 0 spiro atoms. The standard InChI is InChI=1S/C37H39N2Si/c1-24(2)29-20-14-22-31-30-21-15-23-32-33(30)36-34(26(5)38(25(3)4)39(36)35(29)31)37(40(32,6)7,27-16-10-8-11-17-27)28-18-12-9-13-19-28/h8-25H,1-7H3/q+1. The Bertz CT molecular complexity index is 1890. The van der Waals surface area contributed by atoms with Gasteiger partial charge in [0, 0.05) is 10.9 Å². The van der Waals surface area contributed by atoms with Crippen LogP contribution in [0.15, 0.2) is 97.1 Å². The first-order chi connectivity index (χ1) is 19.2. The lowest BCUT2D eigenvalue weighted by Gasteiger charge is -2.48. The van der Waals surface area contributed by atoms with Gasteiger partial charge < -0.3 is 0 Å². The number of hydrogen-bond acceptors (Lipinski definition) is 0. The summed E-state index contributed by atoms with van der Waals surface area (Å²) in [6.45, 7) is 17.0. The van der Waals surface area contributed by atoms with Gasteiger partial charge in [-0.25, -0.2) is 0 Å². The Labute approximate surface area is 238 Å². The molecule has 0 atom stereocenters. The number of para-hydroxylation sites is 1. The molecule has 0 bridgehead atoms. The molecule has 0 amide bonds. The number of fused-ring (bicyclic) bond motifs is 3. The van der Waals surface area contributed by atoms with Gasteiger partial charge in [-0.1, -0.05) is 122 Å². The maximum atomic E-state index is 2.64. The first-order valence-electron chi connectivity index (χ1n) is 14.8. The van der Waals surface area contributed by atoms with Crippen LogP contribution >= 0.6 is 0 Å². The molecular weight excluding hydrogens is 501 g/mol. The summed E-state index contributed by atoms with van der Waals surface area (Å²) in [5.41, 5.74) is 9.86. The topological polar surface area (TPSA) is 9.03 Å². The molecule has 1 aliphatic rings. The van der Waals surface area contributed by atoms with E-state index in [-0.39, 0.29) is 5.04 Å². The van der Waals surface area contributed by atoms with E-state index in [0.717, 1.165) is 0 Å². The Kier molecular flexibility index (Phi) is 5.47. The molecule has 4 aromatic carbocycles. The Morgan fingerprint density at radius 1 is 0.675 bits per heavy atom.